The van der Waals surface area contributed by atoms with Crippen LogP contribution in [-0.2, 0) is 16.6 Å². The molecule has 4 nitrogen and oxygen atoms in total. The second-order valence-electron chi connectivity index (χ2n) is 8.12. The fourth-order valence-electron chi connectivity index (χ4n) is 4.19. The van der Waals surface area contributed by atoms with Crippen LogP contribution in [0.2, 0.25) is 0 Å². The number of aromatic nitrogens is 1. The van der Waals surface area contributed by atoms with Crippen LogP contribution in [0.4, 0.5) is 0 Å². The number of aryl methyl sites for hydroxylation is 1. The third kappa shape index (κ3) is 3.29. The minimum absolute atomic E-state index is 0.0490. The summed E-state index contributed by atoms with van der Waals surface area (Å²) in [7, 11) is 0. The maximum Gasteiger partial charge on any atom is 0.230 e. The number of nitrogens with one attached hydrogen (secondary N) is 1. The Balaban J connectivity index is 1.28. The molecule has 0 bridgehead atoms. The summed E-state index contributed by atoms with van der Waals surface area (Å²) in [6, 6.07) is 20.4. The van der Waals surface area contributed by atoms with Crippen LogP contribution in [0.5, 0.6) is 5.75 Å². The molecule has 1 aliphatic heterocycles. The van der Waals surface area contributed by atoms with Gasteiger partial charge < -0.3 is 10.1 Å². The Bertz CT molecular complexity index is 1040. The fourth-order valence-corrected chi connectivity index (χ4v) is 4.19. The third-order valence-electron chi connectivity index (χ3n) is 6.02. The van der Waals surface area contributed by atoms with Crippen LogP contribution >= 0.6 is 0 Å². The Morgan fingerprint density at radius 3 is 2.66 bits per heavy atom. The van der Waals surface area contributed by atoms with Crippen LogP contribution in [0.15, 0.2) is 66.9 Å². The van der Waals surface area contributed by atoms with E-state index in [4.69, 9.17) is 4.74 Å². The molecular weight excluding hydrogens is 360 g/mol. The number of para-hydroxylation sites is 1. The quantitative estimate of drug-likeness (QED) is 0.717. The number of hydrogen-bond donors (Lipinski definition) is 1. The van der Waals surface area contributed by atoms with Crippen LogP contribution in [0, 0.1) is 6.92 Å². The molecule has 1 amide bonds. The number of ether oxygens (including phenoxy) is 1. The van der Waals surface area contributed by atoms with Crippen molar-refractivity contribution in [3.8, 4) is 17.0 Å². The highest BCUT2D eigenvalue weighted by molar-refractivity contribution is 5.91. The molecule has 0 saturated heterocycles. The van der Waals surface area contributed by atoms with Crippen LogP contribution < -0.4 is 10.1 Å². The predicted molar refractivity (Wildman–Crippen MR) is 113 cm³/mol. The molecule has 3 aromatic rings. The average molecular weight is 384 g/mol. The van der Waals surface area contributed by atoms with Crippen molar-refractivity contribution in [2.24, 2.45) is 0 Å². The van der Waals surface area contributed by atoms with Crippen molar-refractivity contribution < 1.29 is 9.53 Å². The highest BCUT2D eigenvalue weighted by Gasteiger charge is 2.51. The summed E-state index contributed by atoms with van der Waals surface area (Å²) < 4.78 is 6.26. The molecule has 1 saturated carbocycles. The van der Waals surface area contributed by atoms with Crippen molar-refractivity contribution in [2.45, 2.75) is 37.7 Å². The van der Waals surface area contributed by atoms with E-state index < -0.39 is 0 Å². The molecule has 0 radical (unpaired) electrons. The van der Waals surface area contributed by atoms with Gasteiger partial charge in [-0.15, -0.1) is 0 Å². The Morgan fingerprint density at radius 2 is 1.93 bits per heavy atom. The van der Waals surface area contributed by atoms with Crippen molar-refractivity contribution in [3.63, 3.8) is 0 Å². The lowest BCUT2D eigenvalue weighted by molar-refractivity contribution is -0.123. The van der Waals surface area contributed by atoms with Gasteiger partial charge in [0.2, 0.25) is 5.91 Å². The van der Waals surface area contributed by atoms with Gasteiger partial charge in [-0.1, -0.05) is 48.5 Å². The fraction of sp³-hybridized carbons (Fsp3) is 0.280. The van der Waals surface area contributed by atoms with Crippen molar-refractivity contribution in [3.05, 3.63) is 83.6 Å². The maximum absolute atomic E-state index is 12.9. The highest BCUT2D eigenvalue weighted by Crippen LogP contribution is 2.48. The molecular formula is C25H24N2O2. The molecule has 1 aliphatic carbocycles. The standard InChI is InChI=1S/C25H24N2O2/c1-17-10-11-22(26-15-17)21-9-5-6-18-14-20(29-23(18)21)16-27-24(28)25(12-13-25)19-7-3-2-4-8-19/h2-11,15,20H,12-14,16H2,1H3,(H,27,28). The molecule has 2 heterocycles. The molecule has 1 unspecified atom stereocenters. The van der Waals surface area contributed by atoms with Gasteiger partial charge in [-0.25, -0.2) is 0 Å². The highest BCUT2D eigenvalue weighted by atomic mass is 16.5. The van der Waals surface area contributed by atoms with Gasteiger partial charge in [-0.3, -0.25) is 9.78 Å². The largest absolute Gasteiger partial charge is 0.487 e. The summed E-state index contributed by atoms with van der Waals surface area (Å²) >= 11 is 0. The summed E-state index contributed by atoms with van der Waals surface area (Å²) in [6.45, 7) is 2.55. The number of rotatable bonds is 5. The summed E-state index contributed by atoms with van der Waals surface area (Å²) in [5.74, 6) is 1.01. The van der Waals surface area contributed by atoms with Gasteiger partial charge in [-0.05, 0) is 48.6 Å². The van der Waals surface area contributed by atoms with Gasteiger partial charge in [0.1, 0.15) is 11.9 Å². The lowest BCUT2D eigenvalue weighted by Gasteiger charge is -2.18. The first-order chi connectivity index (χ1) is 14.2. The van der Waals surface area contributed by atoms with E-state index in [1.165, 1.54) is 5.56 Å². The van der Waals surface area contributed by atoms with Gasteiger partial charge in [0.05, 0.1) is 17.7 Å². The zero-order valence-electron chi connectivity index (χ0n) is 16.5. The van der Waals surface area contributed by atoms with Gasteiger partial charge in [-0.2, -0.15) is 0 Å². The third-order valence-corrected chi connectivity index (χ3v) is 6.02. The summed E-state index contributed by atoms with van der Waals surface area (Å²) in [6.07, 6.45) is 4.45. The molecule has 2 aliphatic rings. The topological polar surface area (TPSA) is 51.2 Å². The van der Waals surface area contributed by atoms with Crippen LogP contribution in [0.1, 0.15) is 29.5 Å². The molecule has 5 rings (SSSR count). The number of hydrogen-bond acceptors (Lipinski definition) is 3. The minimum atomic E-state index is -0.344. The van der Waals surface area contributed by atoms with E-state index in [2.05, 4.69) is 40.6 Å². The molecule has 2 aromatic carbocycles. The molecule has 0 spiro atoms. The number of fused-ring (bicyclic) bond motifs is 1. The molecule has 146 valence electrons. The first-order valence-electron chi connectivity index (χ1n) is 10.2. The van der Waals surface area contributed by atoms with Crippen molar-refractivity contribution >= 4 is 5.91 Å². The summed E-state index contributed by atoms with van der Waals surface area (Å²) in [5.41, 5.74) is 5.01. The Hall–Kier alpha value is -3.14. The molecule has 1 fully saturated rings. The second kappa shape index (κ2) is 7.03. The Labute approximate surface area is 170 Å². The minimum Gasteiger partial charge on any atom is -0.487 e. The molecule has 4 heteroatoms. The van der Waals surface area contributed by atoms with E-state index in [0.29, 0.717) is 6.54 Å². The Morgan fingerprint density at radius 1 is 1.10 bits per heavy atom. The first-order valence-corrected chi connectivity index (χ1v) is 10.2. The van der Waals surface area contributed by atoms with Crippen molar-refractivity contribution in [2.75, 3.05) is 6.54 Å². The maximum atomic E-state index is 12.9. The summed E-state index contributed by atoms with van der Waals surface area (Å²) in [5, 5.41) is 3.15. The molecule has 1 N–H and O–H groups in total. The lowest BCUT2D eigenvalue weighted by atomic mass is 9.95. The second-order valence-corrected chi connectivity index (χ2v) is 8.12. The summed E-state index contributed by atoms with van der Waals surface area (Å²) in [4.78, 5) is 17.5. The number of carbonyl (C=O) groups excluding carboxylic acids is 1. The first kappa shape index (κ1) is 17.9. The normalized spacial score (nSPS) is 18.6. The molecule has 1 aromatic heterocycles. The SMILES string of the molecule is Cc1ccc(-c2cccc3c2OC(CNC(=O)C2(c4ccccc4)CC2)C3)nc1. The number of nitrogens with zero attached hydrogens (tertiary/aromatic N) is 1. The monoisotopic (exact) mass is 384 g/mol. The van der Waals surface area contributed by atoms with E-state index in [0.717, 1.165) is 47.4 Å². The van der Waals surface area contributed by atoms with Gasteiger partial charge in [0.15, 0.2) is 0 Å². The van der Waals surface area contributed by atoms with E-state index in [1.54, 1.807) is 0 Å². The van der Waals surface area contributed by atoms with Gasteiger partial charge >= 0.3 is 0 Å². The van der Waals surface area contributed by atoms with Crippen molar-refractivity contribution in [1.82, 2.24) is 10.3 Å². The van der Waals surface area contributed by atoms with E-state index >= 15 is 0 Å². The van der Waals surface area contributed by atoms with E-state index in [-0.39, 0.29) is 17.4 Å². The number of amides is 1. The van der Waals surface area contributed by atoms with Crippen LogP contribution in [-0.4, -0.2) is 23.5 Å². The van der Waals surface area contributed by atoms with Crippen LogP contribution in [0.25, 0.3) is 11.3 Å². The number of pyridine rings is 1. The number of benzene rings is 2. The van der Waals surface area contributed by atoms with Crippen LogP contribution in [0.3, 0.4) is 0 Å². The van der Waals surface area contributed by atoms with Crippen molar-refractivity contribution in [1.29, 1.82) is 0 Å². The zero-order chi connectivity index (χ0) is 19.8. The predicted octanol–water partition coefficient (Wildman–Crippen LogP) is 4.21. The number of carbonyl (C=O) groups is 1. The average Bonchev–Trinajstić information content (AvgIpc) is 3.46. The lowest BCUT2D eigenvalue weighted by Crippen LogP contribution is -2.40. The zero-order valence-corrected chi connectivity index (χ0v) is 16.5. The molecule has 1 atom stereocenters. The van der Waals surface area contributed by atoms with E-state index in [9.17, 15) is 4.79 Å². The Kier molecular flexibility index (Phi) is 4.35. The smallest absolute Gasteiger partial charge is 0.230 e. The van der Waals surface area contributed by atoms with Gasteiger partial charge in [0, 0.05) is 18.2 Å². The van der Waals surface area contributed by atoms with E-state index in [1.807, 2.05) is 43.5 Å². The molecule has 29 heavy (non-hydrogen) atoms. The van der Waals surface area contributed by atoms with Gasteiger partial charge in [0.25, 0.3) is 0 Å².